The molecular formula is C8H7F4NO2. The lowest BCUT2D eigenvalue weighted by molar-refractivity contribution is -0.0816. The van der Waals surface area contributed by atoms with Crippen LogP contribution in [0.4, 0.5) is 17.6 Å². The first-order chi connectivity index (χ1) is 6.79. The Morgan fingerprint density at radius 1 is 1.27 bits per heavy atom. The normalized spacial score (nSPS) is 13.2. The van der Waals surface area contributed by atoms with Gasteiger partial charge in [0.25, 0.3) is 0 Å². The largest absolute Gasteiger partial charge is 0.494 e. The molecule has 0 unspecified atom stereocenters. The van der Waals surface area contributed by atoms with Gasteiger partial charge in [-0.3, -0.25) is 4.57 Å². The van der Waals surface area contributed by atoms with Crippen LogP contribution in [0.25, 0.3) is 0 Å². The van der Waals surface area contributed by atoms with Gasteiger partial charge in [-0.25, -0.2) is 4.39 Å². The van der Waals surface area contributed by atoms with Gasteiger partial charge in [-0.15, -0.1) is 0 Å². The van der Waals surface area contributed by atoms with Gasteiger partial charge >= 0.3 is 6.18 Å². The third-order valence-corrected chi connectivity index (χ3v) is 1.56. The molecule has 2 N–H and O–H groups in total. The minimum absolute atomic E-state index is 0.516. The van der Waals surface area contributed by atoms with Crippen molar-refractivity contribution in [3.63, 3.8) is 0 Å². The second-order valence-corrected chi connectivity index (χ2v) is 2.77. The zero-order chi connectivity index (χ0) is 11.6. The third kappa shape index (κ3) is 3.19. The van der Waals surface area contributed by atoms with Gasteiger partial charge in [0, 0.05) is 12.1 Å². The molecule has 0 saturated heterocycles. The van der Waals surface area contributed by atoms with Gasteiger partial charge < -0.3 is 10.2 Å². The van der Waals surface area contributed by atoms with Gasteiger partial charge in [-0.2, -0.15) is 13.2 Å². The Morgan fingerprint density at radius 3 is 2.13 bits per heavy atom. The number of allylic oxidation sites excluding steroid dienone is 2. The van der Waals surface area contributed by atoms with Crippen molar-refractivity contribution in [3.8, 4) is 11.8 Å². The zero-order valence-corrected chi connectivity index (χ0v) is 7.29. The molecule has 0 aromatic carbocycles. The van der Waals surface area contributed by atoms with Crippen molar-refractivity contribution in [1.82, 2.24) is 4.57 Å². The lowest BCUT2D eigenvalue weighted by atomic mass is 10.4. The van der Waals surface area contributed by atoms with Crippen LogP contribution in [0.5, 0.6) is 11.8 Å². The predicted octanol–water partition coefficient (Wildman–Crippen LogP) is 2.32. The summed E-state index contributed by atoms with van der Waals surface area (Å²) in [6.45, 7) is -0.871. The van der Waals surface area contributed by atoms with Gasteiger partial charge in [-0.05, 0) is 0 Å². The molecular weight excluding hydrogens is 218 g/mol. The summed E-state index contributed by atoms with van der Waals surface area (Å²) in [6, 6.07) is 2.08. The summed E-state index contributed by atoms with van der Waals surface area (Å²) in [5, 5.41) is 18.0. The van der Waals surface area contributed by atoms with Gasteiger partial charge in [0.1, 0.15) is 5.83 Å². The zero-order valence-electron chi connectivity index (χ0n) is 7.29. The SMILES string of the molecule is Oc1ccc(O)n1CC(F)=CC(F)(F)F. The topological polar surface area (TPSA) is 45.4 Å². The molecule has 1 aromatic heterocycles. The third-order valence-electron chi connectivity index (χ3n) is 1.56. The maximum atomic E-state index is 12.7. The Morgan fingerprint density at radius 2 is 1.73 bits per heavy atom. The first kappa shape index (κ1) is 11.4. The minimum Gasteiger partial charge on any atom is -0.494 e. The van der Waals surface area contributed by atoms with E-state index in [9.17, 15) is 17.6 Å². The number of nitrogens with zero attached hydrogens (tertiary/aromatic N) is 1. The van der Waals surface area contributed by atoms with E-state index in [0.29, 0.717) is 4.57 Å². The van der Waals surface area contributed by atoms with Crippen molar-refractivity contribution in [1.29, 1.82) is 0 Å². The van der Waals surface area contributed by atoms with Crippen molar-refractivity contribution in [2.75, 3.05) is 0 Å². The Hall–Kier alpha value is -1.66. The number of hydrogen-bond acceptors (Lipinski definition) is 2. The van der Waals surface area contributed by atoms with E-state index in [1.54, 1.807) is 0 Å². The van der Waals surface area contributed by atoms with E-state index in [4.69, 9.17) is 10.2 Å². The molecule has 0 aliphatic heterocycles. The molecule has 1 heterocycles. The smallest absolute Gasteiger partial charge is 0.412 e. The standard InChI is InChI=1S/C8H7F4NO2/c9-5(3-8(10,11)12)4-13-6(14)1-2-7(13)15/h1-3,14-15H,4H2. The quantitative estimate of drug-likeness (QED) is 0.758. The van der Waals surface area contributed by atoms with Crippen molar-refractivity contribution in [2.45, 2.75) is 12.7 Å². The van der Waals surface area contributed by atoms with E-state index in [0.717, 1.165) is 12.1 Å². The first-order valence-corrected chi connectivity index (χ1v) is 3.81. The maximum Gasteiger partial charge on any atom is 0.412 e. The summed E-state index contributed by atoms with van der Waals surface area (Å²) in [5.74, 6) is -2.54. The highest BCUT2D eigenvalue weighted by Crippen LogP contribution is 2.25. The number of alkyl halides is 3. The van der Waals surface area contributed by atoms with E-state index < -0.39 is 36.4 Å². The van der Waals surface area contributed by atoms with E-state index in [2.05, 4.69) is 0 Å². The van der Waals surface area contributed by atoms with Crippen LogP contribution in [0, 0.1) is 0 Å². The molecule has 0 bridgehead atoms. The van der Waals surface area contributed by atoms with E-state index >= 15 is 0 Å². The van der Waals surface area contributed by atoms with E-state index in [-0.39, 0.29) is 0 Å². The molecule has 84 valence electrons. The molecule has 0 atom stereocenters. The number of rotatable bonds is 2. The second-order valence-electron chi connectivity index (χ2n) is 2.77. The van der Waals surface area contributed by atoms with Gasteiger partial charge in [-0.1, -0.05) is 0 Å². The van der Waals surface area contributed by atoms with Gasteiger partial charge in [0.2, 0.25) is 0 Å². The Labute approximate surface area is 81.9 Å². The van der Waals surface area contributed by atoms with E-state index in [1.807, 2.05) is 0 Å². The molecule has 0 spiro atoms. The van der Waals surface area contributed by atoms with Crippen molar-refractivity contribution in [3.05, 3.63) is 24.0 Å². The number of aromatic nitrogens is 1. The highest BCUT2D eigenvalue weighted by molar-refractivity contribution is 5.24. The second kappa shape index (κ2) is 3.84. The van der Waals surface area contributed by atoms with Crippen LogP contribution in [0.1, 0.15) is 0 Å². The molecule has 1 aromatic rings. The van der Waals surface area contributed by atoms with Crippen LogP contribution in [0.2, 0.25) is 0 Å². The summed E-state index contributed by atoms with van der Waals surface area (Å²) in [5.41, 5.74) is 0. The fraction of sp³-hybridized carbons (Fsp3) is 0.250. The molecule has 0 aliphatic rings. The van der Waals surface area contributed by atoms with Gasteiger partial charge in [0.15, 0.2) is 11.8 Å². The summed E-state index contributed by atoms with van der Waals surface area (Å²) < 4.78 is 48.4. The van der Waals surface area contributed by atoms with Crippen LogP contribution in [0.15, 0.2) is 24.0 Å². The Bertz CT molecular complexity index is 361. The maximum absolute atomic E-state index is 12.7. The molecule has 15 heavy (non-hydrogen) atoms. The highest BCUT2D eigenvalue weighted by Gasteiger charge is 2.25. The van der Waals surface area contributed by atoms with Crippen LogP contribution in [-0.2, 0) is 6.54 Å². The lowest BCUT2D eigenvalue weighted by Gasteiger charge is -2.05. The highest BCUT2D eigenvalue weighted by atomic mass is 19.4. The molecule has 7 heteroatoms. The monoisotopic (exact) mass is 225 g/mol. The van der Waals surface area contributed by atoms with Crippen molar-refractivity contribution in [2.24, 2.45) is 0 Å². The van der Waals surface area contributed by atoms with E-state index in [1.165, 1.54) is 0 Å². The minimum atomic E-state index is -4.76. The average molecular weight is 225 g/mol. The molecule has 0 amide bonds. The Balaban J connectivity index is 2.83. The average Bonchev–Trinajstić information content (AvgIpc) is 2.32. The molecule has 0 radical (unpaired) electrons. The number of hydrogen-bond donors (Lipinski definition) is 2. The van der Waals surface area contributed by atoms with Crippen LogP contribution in [-0.4, -0.2) is 21.0 Å². The summed E-state index contributed by atoms with van der Waals surface area (Å²) in [7, 11) is 0. The molecule has 1 rings (SSSR count). The summed E-state index contributed by atoms with van der Waals surface area (Å²) in [6.07, 6.45) is -5.30. The van der Waals surface area contributed by atoms with Crippen LogP contribution < -0.4 is 0 Å². The summed E-state index contributed by atoms with van der Waals surface area (Å²) in [4.78, 5) is 0. The fourth-order valence-electron chi connectivity index (χ4n) is 0.983. The van der Waals surface area contributed by atoms with Crippen molar-refractivity contribution >= 4 is 0 Å². The summed E-state index contributed by atoms with van der Waals surface area (Å²) >= 11 is 0. The number of halogens is 4. The Kier molecular flexibility index (Phi) is 2.92. The number of aromatic hydroxyl groups is 2. The molecule has 0 aliphatic carbocycles. The lowest BCUT2D eigenvalue weighted by Crippen LogP contribution is -2.05. The molecule has 0 saturated carbocycles. The van der Waals surface area contributed by atoms with Gasteiger partial charge in [0.05, 0.1) is 12.6 Å². The predicted molar refractivity (Wildman–Crippen MR) is 43.0 cm³/mol. The van der Waals surface area contributed by atoms with Crippen LogP contribution >= 0.6 is 0 Å². The van der Waals surface area contributed by atoms with Crippen LogP contribution in [0.3, 0.4) is 0 Å². The fourth-order valence-corrected chi connectivity index (χ4v) is 0.983. The van der Waals surface area contributed by atoms with Crippen molar-refractivity contribution < 1.29 is 27.8 Å². The first-order valence-electron chi connectivity index (χ1n) is 3.81. The molecule has 3 nitrogen and oxygen atoms in total. The molecule has 0 fully saturated rings.